The topological polar surface area (TPSA) is 67.7 Å². The van der Waals surface area contributed by atoms with E-state index >= 15 is 0 Å². The average Bonchev–Trinajstić information content (AvgIpc) is 2.99. The van der Waals surface area contributed by atoms with Crippen molar-refractivity contribution < 1.29 is 0 Å². The number of nitrogens with zero attached hydrogens (tertiary/aromatic N) is 3. The molecular formula is C20H29N5. The molecule has 0 aromatic carbocycles. The van der Waals surface area contributed by atoms with Crippen LogP contribution in [-0.2, 0) is 0 Å². The number of aliphatic imine (C=N–C) groups is 1. The average molecular weight is 339 g/mol. The molecule has 25 heavy (non-hydrogen) atoms. The van der Waals surface area contributed by atoms with E-state index in [2.05, 4.69) is 49.7 Å². The van der Waals surface area contributed by atoms with Crippen molar-refractivity contribution in [3.05, 3.63) is 54.1 Å². The Labute approximate surface area is 150 Å². The molecule has 2 aromatic rings. The molecule has 5 heteroatoms. The van der Waals surface area contributed by atoms with Crippen molar-refractivity contribution in [2.75, 3.05) is 0 Å². The summed E-state index contributed by atoms with van der Waals surface area (Å²) in [5.74, 6) is 0.937. The first-order chi connectivity index (χ1) is 12.0. The van der Waals surface area contributed by atoms with E-state index in [1.807, 2.05) is 35.0 Å². The van der Waals surface area contributed by atoms with Crippen LogP contribution < -0.4 is 11.1 Å². The van der Waals surface area contributed by atoms with Crippen molar-refractivity contribution in [1.29, 1.82) is 0 Å². The molecule has 0 aliphatic carbocycles. The Balaban J connectivity index is 2.25. The number of nitrogens with two attached hydrogens (primary N) is 1. The van der Waals surface area contributed by atoms with E-state index < -0.39 is 0 Å². The van der Waals surface area contributed by atoms with Crippen LogP contribution in [0.5, 0.6) is 0 Å². The Kier molecular flexibility index (Phi) is 6.39. The zero-order chi connectivity index (χ0) is 18.4. The fourth-order valence-corrected chi connectivity index (χ4v) is 2.77. The van der Waals surface area contributed by atoms with Crippen LogP contribution in [-0.4, -0.2) is 21.9 Å². The molecule has 2 rings (SSSR count). The third kappa shape index (κ3) is 4.50. The molecule has 5 nitrogen and oxygen atoms in total. The van der Waals surface area contributed by atoms with Gasteiger partial charge in [-0.3, -0.25) is 0 Å². The van der Waals surface area contributed by atoms with Crippen LogP contribution in [0.15, 0.2) is 47.9 Å². The lowest BCUT2D eigenvalue weighted by molar-refractivity contribution is 0.532. The molecule has 3 N–H and O–H groups in total. The van der Waals surface area contributed by atoms with Gasteiger partial charge in [0, 0.05) is 29.7 Å². The molecule has 0 radical (unpaired) electrons. The summed E-state index contributed by atoms with van der Waals surface area (Å²) in [5.41, 5.74) is 9.97. The molecule has 2 heterocycles. The molecule has 0 amide bonds. The SMILES string of the molecule is C=C(/N=C\C=C(/N)c1c(C(C)C)nn2ccccc12)NC(CC)CC. The van der Waals surface area contributed by atoms with Gasteiger partial charge in [-0.05, 0) is 37.0 Å². The standard InChI is InChI=1S/C20H29N5/c1-6-16(7-2)23-15(5)22-12-11-17(21)19-18-10-8-9-13-25(18)24-20(19)14(3)4/h8-14,16,23H,5-7,21H2,1-4H3/b17-11-,22-12-. The Bertz CT molecular complexity index is 778. The lowest BCUT2D eigenvalue weighted by Crippen LogP contribution is -2.25. The summed E-state index contributed by atoms with van der Waals surface area (Å²) >= 11 is 0. The van der Waals surface area contributed by atoms with E-state index in [0.717, 1.165) is 29.6 Å². The molecule has 0 fully saturated rings. The van der Waals surface area contributed by atoms with Crippen LogP contribution in [0.1, 0.15) is 57.7 Å². The number of fused-ring (bicyclic) bond motifs is 1. The fourth-order valence-electron chi connectivity index (χ4n) is 2.77. The zero-order valence-electron chi connectivity index (χ0n) is 15.7. The van der Waals surface area contributed by atoms with Gasteiger partial charge in [-0.1, -0.05) is 40.3 Å². The van der Waals surface area contributed by atoms with Crippen molar-refractivity contribution in [2.45, 2.75) is 52.5 Å². The smallest absolute Gasteiger partial charge is 0.118 e. The lowest BCUT2D eigenvalue weighted by atomic mass is 10.0. The lowest BCUT2D eigenvalue weighted by Gasteiger charge is -2.14. The maximum atomic E-state index is 6.35. The number of rotatable bonds is 8. The van der Waals surface area contributed by atoms with Crippen LogP contribution in [0.25, 0.3) is 11.2 Å². The highest BCUT2D eigenvalue weighted by Gasteiger charge is 2.16. The van der Waals surface area contributed by atoms with Gasteiger partial charge >= 0.3 is 0 Å². The van der Waals surface area contributed by atoms with Gasteiger partial charge in [0.2, 0.25) is 0 Å². The number of pyridine rings is 1. The molecule has 0 aliphatic heterocycles. The van der Waals surface area contributed by atoms with E-state index in [1.165, 1.54) is 0 Å². The summed E-state index contributed by atoms with van der Waals surface area (Å²) in [6.07, 6.45) is 7.54. The molecule has 2 aromatic heterocycles. The quantitative estimate of drug-likeness (QED) is 0.712. The summed E-state index contributed by atoms with van der Waals surface area (Å²) in [6, 6.07) is 6.38. The monoisotopic (exact) mass is 339 g/mol. The Hall–Kier alpha value is -2.56. The first-order valence-corrected chi connectivity index (χ1v) is 8.90. The number of hydrogen-bond acceptors (Lipinski definition) is 4. The first-order valence-electron chi connectivity index (χ1n) is 8.90. The number of nitrogens with one attached hydrogen (secondary N) is 1. The summed E-state index contributed by atoms with van der Waals surface area (Å²) in [4.78, 5) is 4.35. The second-order valence-electron chi connectivity index (χ2n) is 6.45. The summed E-state index contributed by atoms with van der Waals surface area (Å²) in [5, 5.41) is 7.96. The summed E-state index contributed by atoms with van der Waals surface area (Å²) < 4.78 is 1.87. The van der Waals surface area contributed by atoms with Gasteiger partial charge in [-0.25, -0.2) is 9.51 Å². The molecule has 0 unspecified atom stereocenters. The zero-order valence-corrected chi connectivity index (χ0v) is 15.7. The van der Waals surface area contributed by atoms with Gasteiger partial charge < -0.3 is 11.1 Å². The molecular weight excluding hydrogens is 310 g/mol. The maximum absolute atomic E-state index is 6.35. The van der Waals surface area contributed by atoms with Gasteiger partial charge in [0.15, 0.2) is 0 Å². The number of allylic oxidation sites excluding steroid dienone is 1. The highest BCUT2D eigenvalue weighted by atomic mass is 15.2. The normalized spacial score (nSPS) is 12.6. The third-order valence-electron chi connectivity index (χ3n) is 4.24. The molecule has 134 valence electrons. The predicted molar refractivity (Wildman–Crippen MR) is 107 cm³/mol. The van der Waals surface area contributed by atoms with Gasteiger partial charge in [-0.2, -0.15) is 5.10 Å². The van der Waals surface area contributed by atoms with Gasteiger partial charge in [-0.15, -0.1) is 0 Å². The summed E-state index contributed by atoms with van der Waals surface area (Å²) in [7, 11) is 0. The van der Waals surface area contributed by atoms with Crippen molar-refractivity contribution in [2.24, 2.45) is 10.7 Å². The third-order valence-corrected chi connectivity index (χ3v) is 4.24. The minimum atomic E-state index is 0.283. The second-order valence-corrected chi connectivity index (χ2v) is 6.45. The van der Waals surface area contributed by atoms with Crippen molar-refractivity contribution in [1.82, 2.24) is 14.9 Å². The van der Waals surface area contributed by atoms with Crippen LogP contribution in [0.4, 0.5) is 0 Å². The van der Waals surface area contributed by atoms with Gasteiger partial charge in [0.25, 0.3) is 0 Å². The second kappa shape index (κ2) is 8.51. The maximum Gasteiger partial charge on any atom is 0.118 e. The Morgan fingerprint density at radius 2 is 2.08 bits per heavy atom. The highest BCUT2D eigenvalue weighted by Crippen LogP contribution is 2.26. The first kappa shape index (κ1) is 18.8. The molecule has 0 aliphatic rings. The molecule has 0 saturated heterocycles. The number of aromatic nitrogens is 2. The minimum absolute atomic E-state index is 0.283. The van der Waals surface area contributed by atoms with E-state index in [4.69, 9.17) is 5.73 Å². The van der Waals surface area contributed by atoms with E-state index in [-0.39, 0.29) is 5.92 Å². The molecule has 0 bridgehead atoms. The number of hydrogen-bond donors (Lipinski definition) is 2. The molecule has 0 saturated carbocycles. The van der Waals surface area contributed by atoms with Crippen molar-refractivity contribution >= 4 is 17.4 Å². The van der Waals surface area contributed by atoms with E-state index in [1.54, 1.807) is 6.21 Å². The molecule has 0 atom stereocenters. The van der Waals surface area contributed by atoms with Gasteiger partial charge in [0.1, 0.15) is 5.82 Å². The minimum Gasteiger partial charge on any atom is -0.398 e. The summed E-state index contributed by atoms with van der Waals surface area (Å²) in [6.45, 7) is 12.5. The molecule has 0 spiro atoms. The van der Waals surface area contributed by atoms with Crippen molar-refractivity contribution in [3.8, 4) is 0 Å². The Morgan fingerprint density at radius 1 is 1.36 bits per heavy atom. The van der Waals surface area contributed by atoms with Crippen LogP contribution in [0.2, 0.25) is 0 Å². The Morgan fingerprint density at radius 3 is 2.72 bits per heavy atom. The van der Waals surface area contributed by atoms with Crippen LogP contribution in [0, 0.1) is 0 Å². The fraction of sp³-hybridized carbons (Fsp3) is 0.400. The van der Waals surface area contributed by atoms with Gasteiger partial charge in [0.05, 0.1) is 11.2 Å². The predicted octanol–water partition coefficient (Wildman–Crippen LogP) is 4.08. The van der Waals surface area contributed by atoms with Crippen LogP contribution in [0.3, 0.4) is 0 Å². The van der Waals surface area contributed by atoms with Crippen molar-refractivity contribution in [3.63, 3.8) is 0 Å². The highest BCUT2D eigenvalue weighted by molar-refractivity contribution is 5.89. The largest absolute Gasteiger partial charge is 0.398 e. The van der Waals surface area contributed by atoms with Crippen LogP contribution >= 0.6 is 0 Å². The van der Waals surface area contributed by atoms with E-state index in [9.17, 15) is 0 Å². The van der Waals surface area contributed by atoms with E-state index in [0.29, 0.717) is 17.6 Å².